The molecule has 0 fully saturated rings. The SMILES string of the molecule is N#Cc1cccc(CNc2ccc([N+](=O)[O-])c(C#N)c2)c1. The summed E-state index contributed by atoms with van der Waals surface area (Å²) in [6, 6.07) is 15.3. The lowest BCUT2D eigenvalue weighted by atomic mass is 10.1. The average Bonchev–Trinajstić information content (AvgIpc) is 2.52. The van der Waals surface area contributed by atoms with E-state index >= 15 is 0 Å². The van der Waals surface area contributed by atoms with Crippen molar-refractivity contribution in [2.45, 2.75) is 6.54 Å². The van der Waals surface area contributed by atoms with Gasteiger partial charge in [-0.05, 0) is 29.8 Å². The van der Waals surface area contributed by atoms with E-state index in [2.05, 4.69) is 11.4 Å². The van der Waals surface area contributed by atoms with Crippen LogP contribution in [0.5, 0.6) is 0 Å². The minimum absolute atomic E-state index is 0.00998. The maximum absolute atomic E-state index is 10.7. The summed E-state index contributed by atoms with van der Waals surface area (Å²) < 4.78 is 0. The van der Waals surface area contributed by atoms with Crippen LogP contribution in [0, 0.1) is 32.8 Å². The first-order valence-electron chi connectivity index (χ1n) is 6.05. The summed E-state index contributed by atoms with van der Waals surface area (Å²) >= 11 is 0. The first kappa shape index (κ1) is 14.0. The molecule has 2 rings (SSSR count). The van der Waals surface area contributed by atoms with E-state index in [4.69, 9.17) is 10.5 Å². The molecule has 0 aromatic heterocycles. The molecular weight excluding hydrogens is 268 g/mol. The fraction of sp³-hybridized carbons (Fsp3) is 0.0667. The van der Waals surface area contributed by atoms with Gasteiger partial charge >= 0.3 is 0 Å². The molecule has 0 saturated heterocycles. The number of benzene rings is 2. The van der Waals surface area contributed by atoms with Crippen LogP contribution in [0.25, 0.3) is 0 Å². The van der Waals surface area contributed by atoms with E-state index in [1.54, 1.807) is 24.3 Å². The molecule has 0 saturated carbocycles. The minimum Gasteiger partial charge on any atom is -0.381 e. The van der Waals surface area contributed by atoms with Crippen molar-refractivity contribution >= 4 is 11.4 Å². The van der Waals surface area contributed by atoms with E-state index in [0.717, 1.165) is 5.56 Å². The van der Waals surface area contributed by atoms with Gasteiger partial charge in [-0.1, -0.05) is 12.1 Å². The monoisotopic (exact) mass is 278 g/mol. The van der Waals surface area contributed by atoms with Gasteiger partial charge in [0.05, 0.1) is 16.6 Å². The Hall–Kier alpha value is -3.38. The van der Waals surface area contributed by atoms with Crippen molar-refractivity contribution in [3.8, 4) is 12.1 Å². The van der Waals surface area contributed by atoms with Gasteiger partial charge in [-0.15, -0.1) is 0 Å². The van der Waals surface area contributed by atoms with Gasteiger partial charge in [-0.3, -0.25) is 10.1 Å². The summed E-state index contributed by atoms with van der Waals surface area (Å²) in [5.41, 5.74) is 1.88. The van der Waals surface area contributed by atoms with E-state index in [0.29, 0.717) is 17.8 Å². The van der Waals surface area contributed by atoms with Crippen molar-refractivity contribution in [2.75, 3.05) is 5.32 Å². The molecule has 6 nitrogen and oxygen atoms in total. The molecule has 0 unspecified atom stereocenters. The number of hydrogen-bond acceptors (Lipinski definition) is 5. The third kappa shape index (κ3) is 3.34. The molecule has 0 atom stereocenters. The summed E-state index contributed by atoms with van der Waals surface area (Å²) in [6.45, 7) is 0.457. The number of nitrogens with zero attached hydrogens (tertiary/aromatic N) is 3. The van der Waals surface area contributed by atoms with Crippen molar-refractivity contribution in [1.82, 2.24) is 0 Å². The molecule has 0 aliphatic heterocycles. The summed E-state index contributed by atoms with van der Waals surface area (Å²) in [5.74, 6) is 0. The molecule has 1 N–H and O–H groups in total. The van der Waals surface area contributed by atoms with Gasteiger partial charge in [-0.25, -0.2) is 0 Å². The minimum atomic E-state index is -0.585. The molecule has 21 heavy (non-hydrogen) atoms. The zero-order valence-electron chi connectivity index (χ0n) is 10.9. The predicted molar refractivity (Wildman–Crippen MR) is 76.3 cm³/mol. The van der Waals surface area contributed by atoms with Crippen LogP contribution in [0.15, 0.2) is 42.5 Å². The highest BCUT2D eigenvalue weighted by Gasteiger charge is 2.13. The van der Waals surface area contributed by atoms with Gasteiger partial charge < -0.3 is 5.32 Å². The van der Waals surface area contributed by atoms with E-state index in [1.807, 2.05) is 12.1 Å². The van der Waals surface area contributed by atoms with E-state index in [1.165, 1.54) is 12.1 Å². The number of nitro groups is 1. The highest BCUT2D eigenvalue weighted by Crippen LogP contribution is 2.22. The molecular formula is C15H10N4O2. The first-order chi connectivity index (χ1) is 10.1. The van der Waals surface area contributed by atoms with E-state index in [-0.39, 0.29) is 11.3 Å². The molecule has 2 aromatic rings. The van der Waals surface area contributed by atoms with Gasteiger partial charge in [0.2, 0.25) is 0 Å². The summed E-state index contributed by atoms with van der Waals surface area (Å²) in [6.07, 6.45) is 0. The number of rotatable bonds is 4. The normalized spacial score (nSPS) is 9.43. The van der Waals surface area contributed by atoms with Crippen LogP contribution in [0.3, 0.4) is 0 Å². The van der Waals surface area contributed by atoms with Crippen LogP contribution in [0.1, 0.15) is 16.7 Å². The highest BCUT2D eigenvalue weighted by molar-refractivity contribution is 5.58. The number of anilines is 1. The molecule has 0 amide bonds. The molecule has 0 heterocycles. The predicted octanol–water partition coefficient (Wildman–Crippen LogP) is 2.95. The first-order valence-corrected chi connectivity index (χ1v) is 6.05. The van der Waals surface area contributed by atoms with Crippen molar-refractivity contribution in [2.24, 2.45) is 0 Å². The van der Waals surface area contributed by atoms with Crippen LogP contribution in [0.2, 0.25) is 0 Å². The summed E-state index contributed by atoms with van der Waals surface area (Å²) in [4.78, 5) is 10.2. The molecule has 102 valence electrons. The molecule has 6 heteroatoms. The van der Waals surface area contributed by atoms with Crippen LogP contribution in [-0.2, 0) is 6.54 Å². The van der Waals surface area contributed by atoms with E-state index in [9.17, 15) is 10.1 Å². The van der Waals surface area contributed by atoms with Gasteiger partial charge in [0.15, 0.2) is 0 Å². The standard InChI is InChI=1S/C15H10N4O2/c16-8-11-2-1-3-12(6-11)10-18-14-4-5-15(19(20)21)13(7-14)9-17/h1-7,18H,10H2. The molecule has 2 aromatic carbocycles. The molecule has 0 radical (unpaired) electrons. The Balaban J connectivity index is 2.15. The average molecular weight is 278 g/mol. The third-order valence-electron chi connectivity index (χ3n) is 2.87. The van der Waals surface area contributed by atoms with Crippen LogP contribution in [-0.4, -0.2) is 4.92 Å². The third-order valence-corrected chi connectivity index (χ3v) is 2.87. The fourth-order valence-corrected chi connectivity index (χ4v) is 1.85. The molecule has 0 bridgehead atoms. The number of nitro benzene ring substituents is 1. The molecule has 0 spiro atoms. The van der Waals surface area contributed by atoms with Gasteiger partial charge in [-0.2, -0.15) is 10.5 Å². The van der Waals surface area contributed by atoms with E-state index < -0.39 is 4.92 Å². The summed E-state index contributed by atoms with van der Waals surface area (Å²) in [7, 11) is 0. The Bertz CT molecular complexity index is 772. The zero-order chi connectivity index (χ0) is 15.2. The van der Waals surface area contributed by atoms with Crippen molar-refractivity contribution in [1.29, 1.82) is 10.5 Å². The lowest BCUT2D eigenvalue weighted by Crippen LogP contribution is -2.01. The molecule has 0 aliphatic carbocycles. The number of nitrogens with one attached hydrogen (secondary N) is 1. The van der Waals surface area contributed by atoms with Crippen LogP contribution < -0.4 is 5.32 Å². The van der Waals surface area contributed by atoms with Gasteiger partial charge in [0.25, 0.3) is 5.69 Å². The molecule has 0 aliphatic rings. The van der Waals surface area contributed by atoms with Crippen LogP contribution in [0.4, 0.5) is 11.4 Å². The smallest absolute Gasteiger partial charge is 0.287 e. The number of hydrogen-bond donors (Lipinski definition) is 1. The fourth-order valence-electron chi connectivity index (χ4n) is 1.85. The van der Waals surface area contributed by atoms with Crippen molar-refractivity contribution in [3.63, 3.8) is 0 Å². The zero-order valence-corrected chi connectivity index (χ0v) is 10.9. The second-order valence-electron chi connectivity index (χ2n) is 4.27. The van der Waals surface area contributed by atoms with Crippen molar-refractivity contribution < 1.29 is 4.92 Å². The lowest BCUT2D eigenvalue weighted by Gasteiger charge is -2.07. The Labute approximate surface area is 121 Å². The largest absolute Gasteiger partial charge is 0.381 e. The second kappa shape index (κ2) is 6.18. The van der Waals surface area contributed by atoms with Gasteiger partial charge in [0.1, 0.15) is 11.6 Å². The number of nitriles is 2. The van der Waals surface area contributed by atoms with Crippen molar-refractivity contribution in [3.05, 3.63) is 69.3 Å². The Morgan fingerprint density at radius 2 is 1.95 bits per heavy atom. The Morgan fingerprint density at radius 3 is 2.62 bits per heavy atom. The maximum atomic E-state index is 10.7. The highest BCUT2D eigenvalue weighted by atomic mass is 16.6. The lowest BCUT2D eigenvalue weighted by molar-refractivity contribution is -0.385. The van der Waals surface area contributed by atoms with Gasteiger partial charge in [0, 0.05) is 18.3 Å². The summed E-state index contributed by atoms with van der Waals surface area (Å²) in [5, 5.41) is 31.6. The topological polar surface area (TPSA) is 103 Å². The maximum Gasteiger partial charge on any atom is 0.287 e. The quantitative estimate of drug-likeness (QED) is 0.684. The van der Waals surface area contributed by atoms with Crippen LogP contribution >= 0.6 is 0 Å². The Kier molecular flexibility index (Phi) is 4.13. The second-order valence-corrected chi connectivity index (χ2v) is 4.27. The Morgan fingerprint density at radius 1 is 1.14 bits per heavy atom.